The zero-order valence-electron chi connectivity index (χ0n) is 6.84. The van der Waals surface area contributed by atoms with Gasteiger partial charge in [-0.2, -0.15) is 0 Å². The third-order valence-corrected chi connectivity index (χ3v) is 1.83. The summed E-state index contributed by atoms with van der Waals surface area (Å²) in [5.41, 5.74) is 3.24. The fraction of sp³-hybridized carbons (Fsp3) is 0.714. The molecule has 4 nitrogen and oxygen atoms in total. The van der Waals surface area contributed by atoms with Gasteiger partial charge < -0.3 is 10.8 Å². The normalized spacial score (nSPS) is 15.2. The number of halogens is 1. The molecule has 12 heavy (non-hydrogen) atoms. The number of primary amides is 1. The number of alkyl halides is 1. The molecule has 0 saturated carbocycles. The second-order valence-corrected chi connectivity index (χ2v) is 2.79. The van der Waals surface area contributed by atoms with E-state index in [1.807, 2.05) is 0 Å². The SMILES string of the molecule is CC(CCCF)(C(N)=O)C(=O)O. The molecule has 0 fully saturated rings. The van der Waals surface area contributed by atoms with Gasteiger partial charge in [0.2, 0.25) is 5.91 Å². The number of rotatable bonds is 5. The molecule has 1 amide bonds. The first-order valence-corrected chi connectivity index (χ1v) is 3.54. The molecule has 0 radical (unpaired) electrons. The van der Waals surface area contributed by atoms with Gasteiger partial charge in [0.1, 0.15) is 5.41 Å². The van der Waals surface area contributed by atoms with Crippen LogP contribution in [0.15, 0.2) is 0 Å². The third-order valence-electron chi connectivity index (χ3n) is 1.83. The average Bonchev–Trinajstić information content (AvgIpc) is 1.99. The quantitative estimate of drug-likeness (QED) is 0.593. The smallest absolute Gasteiger partial charge is 0.318 e. The van der Waals surface area contributed by atoms with Gasteiger partial charge in [-0.05, 0) is 19.8 Å². The highest BCUT2D eigenvalue weighted by molar-refractivity contribution is 6.00. The maximum absolute atomic E-state index is 11.7. The van der Waals surface area contributed by atoms with Crippen LogP contribution < -0.4 is 5.73 Å². The lowest BCUT2D eigenvalue weighted by atomic mass is 9.85. The summed E-state index contributed by atoms with van der Waals surface area (Å²) in [4.78, 5) is 21.2. The molecule has 70 valence electrons. The first kappa shape index (κ1) is 10.9. The predicted octanol–water partition coefficient (Wildman–Crippen LogP) is 0.312. The fourth-order valence-corrected chi connectivity index (χ4v) is 0.756. The number of carbonyl (C=O) groups is 2. The van der Waals surface area contributed by atoms with E-state index in [9.17, 15) is 14.0 Å². The van der Waals surface area contributed by atoms with Crippen molar-refractivity contribution >= 4 is 11.9 Å². The molecule has 0 aliphatic carbocycles. The maximum atomic E-state index is 11.7. The summed E-state index contributed by atoms with van der Waals surface area (Å²) in [6.45, 7) is 0.559. The van der Waals surface area contributed by atoms with Gasteiger partial charge in [0.15, 0.2) is 0 Å². The van der Waals surface area contributed by atoms with E-state index in [2.05, 4.69) is 0 Å². The molecule has 0 bridgehead atoms. The highest BCUT2D eigenvalue weighted by atomic mass is 19.1. The van der Waals surface area contributed by atoms with Crippen LogP contribution in [-0.2, 0) is 9.59 Å². The molecule has 0 spiro atoms. The van der Waals surface area contributed by atoms with E-state index in [0.29, 0.717) is 0 Å². The Balaban J connectivity index is 4.40. The van der Waals surface area contributed by atoms with Gasteiger partial charge in [-0.3, -0.25) is 14.0 Å². The van der Waals surface area contributed by atoms with Crippen molar-refractivity contribution in [3.05, 3.63) is 0 Å². The Morgan fingerprint density at radius 1 is 1.58 bits per heavy atom. The van der Waals surface area contributed by atoms with Crippen molar-refractivity contribution in [2.75, 3.05) is 6.67 Å². The van der Waals surface area contributed by atoms with Crippen molar-refractivity contribution in [3.63, 3.8) is 0 Å². The number of hydrogen-bond donors (Lipinski definition) is 2. The minimum absolute atomic E-state index is 0.0335. The van der Waals surface area contributed by atoms with Crippen molar-refractivity contribution in [2.45, 2.75) is 19.8 Å². The number of aliphatic carboxylic acids is 1. The summed E-state index contributed by atoms with van der Waals surface area (Å²) in [5, 5.41) is 8.61. The number of carbonyl (C=O) groups excluding carboxylic acids is 1. The number of nitrogens with two attached hydrogens (primary N) is 1. The van der Waals surface area contributed by atoms with Gasteiger partial charge in [0, 0.05) is 0 Å². The first-order valence-electron chi connectivity index (χ1n) is 3.54. The minimum Gasteiger partial charge on any atom is -0.480 e. The topological polar surface area (TPSA) is 80.4 Å². The lowest BCUT2D eigenvalue weighted by Gasteiger charge is -2.19. The Morgan fingerprint density at radius 3 is 2.33 bits per heavy atom. The predicted molar refractivity (Wildman–Crippen MR) is 40.1 cm³/mol. The van der Waals surface area contributed by atoms with E-state index < -0.39 is 24.0 Å². The van der Waals surface area contributed by atoms with Crippen LogP contribution in [0.2, 0.25) is 0 Å². The molecule has 0 heterocycles. The van der Waals surface area contributed by atoms with Crippen molar-refractivity contribution in [1.82, 2.24) is 0 Å². The molecule has 0 rings (SSSR count). The van der Waals surface area contributed by atoms with Gasteiger partial charge in [0.05, 0.1) is 6.67 Å². The maximum Gasteiger partial charge on any atom is 0.318 e. The van der Waals surface area contributed by atoms with Gasteiger partial charge in [0.25, 0.3) is 0 Å². The summed E-state index contributed by atoms with van der Waals surface area (Å²) in [7, 11) is 0. The largest absolute Gasteiger partial charge is 0.480 e. The zero-order valence-corrected chi connectivity index (χ0v) is 6.84. The second kappa shape index (κ2) is 4.04. The summed E-state index contributed by atoms with van der Waals surface area (Å²) in [5.74, 6) is -2.23. The Hall–Kier alpha value is -1.13. The standard InChI is InChI=1S/C7H12FNO3/c1-7(5(9)10,6(11)12)3-2-4-8/h2-4H2,1H3,(H2,9,10)(H,11,12). The zero-order chi connectivity index (χ0) is 9.78. The number of carboxylic acids is 1. The first-order chi connectivity index (χ1) is 5.45. The molecule has 1 unspecified atom stereocenters. The monoisotopic (exact) mass is 177 g/mol. The molecule has 0 saturated heterocycles. The highest BCUT2D eigenvalue weighted by Crippen LogP contribution is 2.22. The van der Waals surface area contributed by atoms with Crippen molar-refractivity contribution in [2.24, 2.45) is 11.1 Å². The van der Waals surface area contributed by atoms with Gasteiger partial charge in [-0.15, -0.1) is 0 Å². The molecule has 0 aromatic rings. The molecular formula is C7H12FNO3. The van der Waals surface area contributed by atoms with Gasteiger partial charge in [-0.1, -0.05) is 0 Å². The van der Waals surface area contributed by atoms with Crippen LogP contribution in [0.3, 0.4) is 0 Å². The van der Waals surface area contributed by atoms with Crippen molar-refractivity contribution < 1.29 is 19.1 Å². The Kier molecular flexibility index (Phi) is 3.66. The summed E-state index contributed by atoms with van der Waals surface area (Å²) in [6.07, 6.45) is -0.0279. The van der Waals surface area contributed by atoms with E-state index in [1.165, 1.54) is 6.92 Å². The van der Waals surface area contributed by atoms with Crippen LogP contribution in [0.4, 0.5) is 4.39 Å². The lowest BCUT2D eigenvalue weighted by Crippen LogP contribution is -2.41. The summed E-state index contributed by atoms with van der Waals surface area (Å²) in [6, 6.07) is 0. The van der Waals surface area contributed by atoms with Gasteiger partial charge >= 0.3 is 5.97 Å². The Bertz CT molecular complexity index is 179. The van der Waals surface area contributed by atoms with Gasteiger partial charge in [-0.25, -0.2) is 0 Å². The summed E-state index contributed by atoms with van der Waals surface area (Å²) >= 11 is 0. The van der Waals surface area contributed by atoms with E-state index in [4.69, 9.17) is 10.8 Å². The van der Waals surface area contributed by atoms with E-state index in [0.717, 1.165) is 0 Å². The molecule has 0 aliphatic heterocycles. The Labute approximate surface area is 69.6 Å². The molecule has 1 atom stereocenters. The molecule has 0 aromatic carbocycles. The van der Waals surface area contributed by atoms with Crippen LogP contribution in [0.25, 0.3) is 0 Å². The minimum atomic E-state index is -1.63. The molecular weight excluding hydrogens is 165 g/mol. The van der Waals surface area contributed by atoms with E-state index in [-0.39, 0.29) is 12.8 Å². The molecule has 5 heteroatoms. The second-order valence-electron chi connectivity index (χ2n) is 2.79. The molecule has 3 N–H and O–H groups in total. The van der Waals surface area contributed by atoms with Crippen LogP contribution in [0.1, 0.15) is 19.8 Å². The van der Waals surface area contributed by atoms with Crippen LogP contribution >= 0.6 is 0 Å². The number of carboxylic acid groups (broad SMARTS) is 1. The Morgan fingerprint density at radius 2 is 2.08 bits per heavy atom. The molecule has 0 aliphatic rings. The number of hydrogen-bond acceptors (Lipinski definition) is 2. The number of amides is 1. The molecule has 0 aromatic heterocycles. The lowest BCUT2D eigenvalue weighted by molar-refractivity contribution is -0.154. The van der Waals surface area contributed by atoms with E-state index >= 15 is 0 Å². The van der Waals surface area contributed by atoms with Crippen LogP contribution in [0.5, 0.6) is 0 Å². The summed E-state index contributed by atoms with van der Waals surface area (Å²) < 4.78 is 11.7. The van der Waals surface area contributed by atoms with Crippen molar-refractivity contribution in [3.8, 4) is 0 Å². The van der Waals surface area contributed by atoms with Crippen molar-refractivity contribution in [1.29, 1.82) is 0 Å². The third kappa shape index (κ3) is 2.18. The highest BCUT2D eigenvalue weighted by Gasteiger charge is 2.38. The van der Waals surface area contributed by atoms with Crippen LogP contribution in [0, 0.1) is 5.41 Å². The average molecular weight is 177 g/mol. The van der Waals surface area contributed by atoms with Crippen LogP contribution in [-0.4, -0.2) is 23.7 Å². The fourth-order valence-electron chi connectivity index (χ4n) is 0.756. The van der Waals surface area contributed by atoms with E-state index in [1.54, 1.807) is 0 Å².